The minimum Gasteiger partial charge on any atom is -0.492 e. The van der Waals surface area contributed by atoms with Crippen molar-refractivity contribution in [2.24, 2.45) is 0 Å². The van der Waals surface area contributed by atoms with E-state index in [9.17, 15) is 4.79 Å². The zero-order valence-electron chi connectivity index (χ0n) is 14.0. The molecule has 1 saturated heterocycles. The third-order valence-corrected chi connectivity index (χ3v) is 4.76. The summed E-state index contributed by atoms with van der Waals surface area (Å²) in [5, 5.41) is 11.8. The van der Waals surface area contributed by atoms with Crippen LogP contribution in [-0.4, -0.2) is 56.3 Å². The number of nitrogens with zero attached hydrogens (tertiary/aromatic N) is 2. The molecule has 1 fully saturated rings. The summed E-state index contributed by atoms with van der Waals surface area (Å²) in [5.41, 5.74) is 1.70. The Bertz CT molecular complexity index is 641. The number of amides is 1. The predicted octanol–water partition coefficient (Wildman–Crippen LogP) is 1.35. The van der Waals surface area contributed by atoms with Crippen LogP contribution in [0, 0.1) is 11.3 Å². The van der Waals surface area contributed by atoms with Crippen molar-refractivity contribution in [3.8, 4) is 11.8 Å². The number of hydrogen-bond donors (Lipinski definition) is 1. The van der Waals surface area contributed by atoms with E-state index in [4.69, 9.17) is 14.7 Å². The van der Waals surface area contributed by atoms with E-state index in [0.29, 0.717) is 18.6 Å². The molecule has 2 heterocycles. The molecular weight excluding hydrogens is 306 g/mol. The summed E-state index contributed by atoms with van der Waals surface area (Å²) in [6.45, 7) is 2.97. The Morgan fingerprint density at radius 2 is 2.42 bits per heavy atom. The number of methoxy groups -OCH3 is 1. The topological polar surface area (TPSA) is 74.6 Å². The number of carbonyl (C=O) groups is 1. The van der Waals surface area contributed by atoms with E-state index in [1.165, 1.54) is 0 Å². The molecule has 0 saturated carbocycles. The van der Waals surface area contributed by atoms with Gasteiger partial charge < -0.3 is 14.8 Å². The number of likely N-dealkylation sites (tertiary alicyclic amines) is 1. The van der Waals surface area contributed by atoms with Crippen molar-refractivity contribution in [1.29, 1.82) is 5.26 Å². The molecule has 24 heavy (non-hydrogen) atoms. The lowest BCUT2D eigenvalue weighted by Gasteiger charge is -2.37. The molecule has 6 heteroatoms. The van der Waals surface area contributed by atoms with Crippen molar-refractivity contribution in [2.75, 3.05) is 33.4 Å². The van der Waals surface area contributed by atoms with E-state index in [1.807, 2.05) is 18.2 Å². The van der Waals surface area contributed by atoms with Gasteiger partial charge in [0.05, 0.1) is 30.4 Å². The number of para-hydroxylation sites is 1. The van der Waals surface area contributed by atoms with E-state index < -0.39 is 0 Å². The lowest BCUT2D eigenvalue weighted by atomic mass is 10.00. The molecule has 0 bridgehead atoms. The summed E-state index contributed by atoms with van der Waals surface area (Å²) in [7, 11) is 1.67. The van der Waals surface area contributed by atoms with Crippen LogP contribution in [0.4, 0.5) is 0 Å². The van der Waals surface area contributed by atoms with Gasteiger partial charge in [0.1, 0.15) is 5.75 Å². The van der Waals surface area contributed by atoms with E-state index in [2.05, 4.69) is 16.3 Å². The largest absolute Gasteiger partial charge is 0.492 e. The first kappa shape index (κ1) is 16.7. The number of benzene rings is 1. The van der Waals surface area contributed by atoms with Crippen molar-refractivity contribution in [3.63, 3.8) is 0 Å². The Morgan fingerprint density at radius 1 is 1.54 bits per heavy atom. The summed E-state index contributed by atoms with van der Waals surface area (Å²) >= 11 is 0. The van der Waals surface area contributed by atoms with Gasteiger partial charge in [0.25, 0.3) is 5.91 Å². The Balaban J connectivity index is 1.64. The zero-order chi connectivity index (χ0) is 16.9. The SMILES string of the molecule is COC1CN(CCC#N)CCC1NC(=O)c1cccc2c1OCC2. The van der Waals surface area contributed by atoms with Crippen molar-refractivity contribution >= 4 is 5.91 Å². The van der Waals surface area contributed by atoms with Crippen molar-refractivity contribution in [3.05, 3.63) is 29.3 Å². The minimum absolute atomic E-state index is 0.0295. The van der Waals surface area contributed by atoms with Gasteiger partial charge in [-0.1, -0.05) is 12.1 Å². The van der Waals surface area contributed by atoms with Gasteiger partial charge in [-0.3, -0.25) is 9.69 Å². The number of nitrogens with one attached hydrogen (secondary N) is 1. The van der Waals surface area contributed by atoms with Gasteiger partial charge in [0, 0.05) is 39.6 Å². The lowest BCUT2D eigenvalue weighted by molar-refractivity contribution is 0.00705. The van der Waals surface area contributed by atoms with Crippen LogP contribution in [-0.2, 0) is 11.2 Å². The maximum Gasteiger partial charge on any atom is 0.255 e. The maximum absolute atomic E-state index is 12.7. The summed E-state index contributed by atoms with van der Waals surface area (Å²) < 4.78 is 11.2. The molecule has 1 aromatic rings. The number of nitriles is 1. The zero-order valence-corrected chi connectivity index (χ0v) is 14.0. The van der Waals surface area contributed by atoms with Crippen LogP contribution >= 0.6 is 0 Å². The van der Waals surface area contributed by atoms with E-state index in [1.54, 1.807) is 7.11 Å². The van der Waals surface area contributed by atoms with Crippen LogP contribution < -0.4 is 10.1 Å². The third kappa shape index (κ3) is 3.53. The molecule has 128 valence electrons. The molecule has 0 aliphatic carbocycles. The first-order valence-electron chi connectivity index (χ1n) is 8.40. The quantitative estimate of drug-likeness (QED) is 0.883. The number of ether oxygens (including phenoxy) is 2. The van der Waals surface area contributed by atoms with Crippen molar-refractivity contribution in [1.82, 2.24) is 10.2 Å². The molecule has 2 aliphatic heterocycles. The minimum atomic E-state index is -0.105. The van der Waals surface area contributed by atoms with E-state index in [-0.39, 0.29) is 18.1 Å². The Morgan fingerprint density at radius 3 is 3.21 bits per heavy atom. The van der Waals surface area contributed by atoms with Crippen LogP contribution in [0.25, 0.3) is 0 Å². The molecule has 2 atom stereocenters. The summed E-state index contributed by atoms with van der Waals surface area (Å²) in [6, 6.07) is 7.86. The molecule has 0 radical (unpaired) electrons. The molecule has 2 unspecified atom stereocenters. The molecule has 2 aliphatic rings. The smallest absolute Gasteiger partial charge is 0.255 e. The monoisotopic (exact) mass is 329 g/mol. The van der Waals surface area contributed by atoms with Crippen LogP contribution in [0.1, 0.15) is 28.8 Å². The highest BCUT2D eigenvalue weighted by Crippen LogP contribution is 2.29. The Hall–Kier alpha value is -2.10. The lowest BCUT2D eigenvalue weighted by Crippen LogP contribution is -2.54. The second kappa shape index (κ2) is 7.65. The fourth-order valence-electron chi connectivity index (χ4n) is 3.44. The summed E-state index contributed by atoms with van der Waals surface area (Å²) in [6.07, 6.45) is 2.11. The fourth-order valence-corrected chi connectivity index (χ4v) is 3.44. The fraction of sp³-hybridized carbons (Fsp3) is 0.556. The highest BCUT2D eigenvalue weighted by atomic mass is 16.5. The van der Waals surface area contributed by atoms with Gasteiger partial charge in [-0.05, 0) is 18.1 Å². The standard InChI is InChI=1S/C18H23N3O3/c1-23-16-12-21(9-3-8-19)10-6-15(16)20-18(22)14-5-2-4-13-7-11-24-17(13)14/h2,4-5,15-16H,3,6-7,9-12H2,1H3,(H,20,22). The van der Waals surface area contributed by atoms with Crippen molar-refractivity contribution in [2.45, 2.75) is 31.4 Å². The van der Waals surface area contributed by atoms with Gasteiger partial charge in [0.2, 0.25) is 0 Å². The molecule has 0 aromatic heterocycles. The molecule has 1 N–H and O–H groups in total. The molecular formula is C18H23N3O3. The average molecular weight is 329 g/mol. The van der Waals surface area contributed by atoms with Crippen LogP contribution in [0.2, 0.25) is 0 Å². The second-order valence-electron chi connectivity index (χ2n) is 6.24. The number of hydrogen-bond acceptors (Lipinski definition) is 5. The van der Waals surface area contributed by atoms with Crippen LogP contribution in [0.15, 0.2) is 18.2 Å². The van der Waals surface area contributed by atoms with Gasteiger partial charge >= 0.3 is 0 Å². The summed E-state index contributed by atoms with van der Waals surface area (Å²) in [5.74, 6) is 0.613. The van der Waals surface area contributed by atoms with Gasteiger partial charge in [-0.2, -0.15) is 5.26 Å². The highest BCUT2D eigenvalue weighted by molar-refractivity contribution is 5.97. The van der Waals surface area contributed by atoms with E-state index >= 15 is 0 Å². The number of piperidine rings is 1. The highest BCUT2D eigenvalue weighted by Gasteiger charge is 2.31. The second-order valence-corrected chi connectivity index (χ2v) is 6.24. The van der Waals surface area contributed by atoms with Gasteiger partial charge in [-0.15, -0.1) is 0 Å². The Kier molecular flexibility index (Phi) is 5.34. The average Bonchev–Trinajstić information content (AvgIpc) is 3.09. The van der Waals surface area contributed by atoms with Crippen LogP contribution in [0.5, 0.6) is 5.75 Å². The first-order valence-corrected chi connectivity index (χ1v) is 8.40. The molecule has 1 amide bonds. The number of carbonyl (C=O) groups excluding carboxylic acids is 1. The normalized spacial score (nSPS) is 23.2. The van der Waals surface area contributed by atoms with Gasteiger partial charge in [0.15, 0.2) is 0 Å². The molecule has 1 aromatic carbocycles. The molecule has 6 nitrogen and oxygen atoms in total. The third-order valence-electron chi connectivity index (χ3n) is 4.76. The number of rotatable bonds is 5. The van der Waals surface area contributed by atoms with Crippen LogP contribution in [0.3, 0.4) is 0 Å². The predicted molar refractivity (Wildman–Crippen MR) is 89.0 cm³/mol. The summed E-state index contributed by atoms with van der Waals surface area (Å²) in [4.78, 5) is 14.9. The van der Waals surface area contributed by atoms with Crippen molar-refractivity contribution < 1.29 is 14.3 Å². The maximum atomic E-state index is 12.7. The number of fused-ring (bicyclic) bond motifs is 1. The van der Waals surface area contributed by atoms with Gasteiger partial charge in [-0.25, -0.2) is 0 Å². The van der Waals surface area contributed by atoms with E-state index in [0.717, 1.165) is 43.8 Å². The molecule has 0 spiro atoms. The molecule has 3 rings (SSSR count). The first-order chi connectivity index (χ1) is 11.7. The Labute approximate surface area is 142 Å².